The van der Waals surface area contributed by atoms with Gasteiger partial charge in [0, 0.05) is 17.3 Å². The average Bonchev–Trinajstić information content (AvgIpc) is 3.30. The van der Waals surface area contributed by atoms with Gasteiger partial charge in [0.15, 0.2) is 0 Å². The van der Waals surface area contributed by atoms with Crippen molar-refractivity contribution >= 4 is 37.6 Å². The fourth-order valence-electron chi connectivity index (χ4n) is 4.01. The van der Waals surface area contributed by atoms with Crippen LogP contribution in [0.1, 0.15) is 48.7 Å². The summed E-state index contributed by atoms with van der Waals surface area (Å²) < 4.78 is 1.09. The van der Waals surface area contributed by atoms with Gasteiger partial charge in [-0.15, -0.1) is 11.3 Å². The number of pyridine rings is 2. The summed E-state index contributed by atoms with van der Waals surface area (Å²) in [6, 6.07) is 5.94. The van der Waals surface area contributed by atoms with Crippen LogP contribution in [0.4, 0.5) is 5.82 Å². The molecule has 0 amide bonds. The summed E-state index contributed by atoms with van der Waals surface area (Å²) in [4.78, 5) is 19.7. The van der Waals surface area contributed by atoms with Crippen LogP contribution in [-0.4, -0.2) is 19.9 Å². The van der Waals surface area contributed by atoms with Gasteiger partial charge in [0.25, 0.3) is 0 Å². The molecule has 4 aromatic rings. The lowest BCUT2D eigenvalue weighted by Gasteiger charge is -2.11. The van der Waals surface area contributed by atoms with E-state index < -0.39 is 0 Å². The topological polar surface area (TPSA) is 63.6 Å². The maximum Gasteiger partial charge on any atom is 0.147 e. The lowest BCUT2D eigenvalue weighted by Crippen LogP contribution is -2.03. The Morgan fingerprint density at radius 3 is 2.81 bits per heavy atom. The van der Waals surface area contributed by atoms with Gasteiger partial charge in [-0.05, 0) is 48.4 Å². The van der Waals surface area contributed by atoms with Crippen molar-refractivity contribution < 1.29 is 0 Å². The Hall–Kier alpha value is -2.60. The van der Waals surface area contributed by atoms with Gasteiger partial charge in [-0.2, -0.15) is 0 Å². The standard InChI is InChI=1S/C21H21N5S/c1-12(2)17-15-8-5-7-14(15)16-18-19(27-21(16)26-17)20(25-11-24-18)23-10-13-6-3-4-9-22-13/h3-4,6,9,11-12H,5,7-8,10H2,1-2H3,(H,23,24,25). The molecule has 0 atom stereocenters. The number of aryl methyl sites for hydroxylation is 1. The second-order valence-corrected chi connectivity index (χ2v) is 8.32. The van der Waals surface area contributed by atoms with Gasteiger partial charge in [-0.3, -0.25) is 4.98 Å². The molecule has 0 spiro atoms. The molecule has 5 rings (SSSR count). The summed E-state index contributed by atoms with van der Waals surface area (Å²) in [5, 5.41) is 4.68. The molecule has 0 fully saturated rings. The minimum Gasteiger partial charge on any atom is -0.363 e. The third kappa shape index (κ3) is 2.75. The van der Waals surface area contributed by atoms with Gasteiger partial charge < -0.3 is 5.32 Å². The highest BCUT2D eigenvalue weighted by atomic mass is 32.1. The zero-order valence-corrected chi connectivity index (χ0v) is 16.3. The summed E-state index contributed by atoms with van der Waals surface area (Å²) >= 11 is 1.70. The Balaban J connectivity index is 1.65. The number of aromatic nitrogens is 4. The van der Waals surface area contributed by atoms with Crippen LogP contribution in [0.15, 0.2) is 30.7 Å². The molecule has 0 bridgehead atoms. The van der Waals surface area contributed by atoms with Crippen molar-refractivity contribution in [2.24, 2.45) is 0 Å². The highest BCUT2D eigenvalue weighted by molar-refractivity contribution is 7.26. The molecule has 0 unspecified atom stereocenters. The highest BCUT2D eigenvalue weighted by Crippen LogP contribution is 2.42. The molecular formula is C21H21N5S. The second kappa shape index (κ2) is 6.53. The highest BCUT2D eigenvalue weighted by Gasteiger charge is 2.25. The third-order valence-corrected chi connectivity index (χ3v) is 6.29. The van der Waals surface area contributed by atoms with Crippen molar-refractivity contribution in [3.63, 3.8) is 0 Å². The molecule has 1 aliphatic rings. The zero-order chi connectivity index (χ0) is 18.4. The smallest absolute Gasteiger partial charge is 0.147 e. The summed E-state index contributed by atoms with van der Waals surface area (Å²) in [6.45, 7) is 5.11. The first-order chi connectivity index (χ1) is 13.2. The summed E-state index contributed by atoms with van der Waals surface area (Å²) in [7, 11) is 0. The van der Waals surface area contributed by atoms with Gasteiger partial charge in [0.1, 0.15) is 17.0 Å². The lowest BCUT2D eigenvalue weighted by molar-refractivity contribution is 0.805. The molecule has 1 aliphatic carbocycles. The maximum atomic E-state index is 5.05. The van der Waals surface area contributed by atoms with Crippen LogP contribution in [0.25, 0.3) is 20.4 Å². The van der Waals surface area contributed by atoms with Crippen molar-refractivity contribution in [1.82, 2.24) is 19.9 Å². The van der Waals surface area contributed by atoms with Crippen LogP contribution in [0.5, 0.6) is 0 Å². The molecule has 0 saturated heterocycles. The van der Waals surface area contributed by atoms with Crippen LogP contribution >= 0.6 is 11.3 Å². The van der Waals surface area contributed by atoms with Crippen molar-refractivity contribution in [1.29, 1.82) is 0 Å². The predicted octanol–water partition coefficient (Wildman–Crippen LogP) is 4.86. The molecule has 6 heteroatoms. The molecule has 136 valence electrons. The fourth-order valence-corrected chi connectivity index (χ4v) is 5.14. The Bertz CT molecular complexity index is 1130. The minimum atomic E-state index is 0.444. The van der Waals surface area contributed by atoms with Crippen molar-refractivity contribution in [2.45, 2.75) is 45.6 Å². The van der Waals surface area contributed by atoms with Gasteiger partial charge >= 0.3 is 0 Å². The van der Waals surface area contributed by atoms with E-state index in [1.54, 1.807) is 17.7 Å². The third-order valence-electron chi connectivity index (χ3n) is 5.21. The van der Waals surface area contributed by atoms with E-state index >= 15 is 0 Å². The van der Waals surface area contributed by atoms with E-state index in [0.717, 1.165) is 39.4 Å². The van der Waals surface area contributed by atoms with Gasteiger partial charge in [0.05, 0.1) is 22.5 Å². The SMILES string of the molecule is CC(C)c1nc2sc3c(NCc4ccccn4)ncnc3c2c2c1CCC2. The number of hydrogen-bond acceptors (Lipinski definition) is 6. The van der Waals surface area contributed by atoms with Gasteiger partial charge in [0.2, 0.25) is 0 Å². The van der Waals surface area contributed by atoms with Crippen molar-refractivity contribution in [2.75, 3.05) is 5.32 Å². The van der Waals surface area contributed by atoms with Crippen LogP contribution in [-0.2, 0) is 19.4 Å². The van der Waals surface area contributed by atoms with Crippen molar-refractivity contribution in [3.8, 4) is 0 Å². The fraction of sp³-hybridized carbons (Fsp3) is 0.333. The second-order valence-electron chi connectivity index (χ2n) is 7.32. The van der Waals surface area contributed by atoms with Gasteiger partial charge in [-0.25, -0.2) is 15.0 Å². The lowest BCUT2D eigenvalue weighted by atomic mass is 9.99. The van der Waals surface area contributed by atoms with E-state index in [4.69, 9.17) is 4.98 Å². The number of hydrogen-bond donors (Lipinski definition) is 1. The molecule has 5 nitrogen and oxygen atoms in total. The largest absolute Gasteiger partial charge is 0.363 e. The van der Waals surface area contributed by atoms with Crippen LogP contribution in [0, 0.1) is 0 Å². The summed E-state index contributed by atoms with van der Waals surface area (Å²) in [5.41, 5.74) is 6.21. The molecule has 0 saturated carbocycles. The maximum absolute atomic E-state index is 5.05. The number of nitrogens with zero attached hydrogens (tertiary/aromatic N) is 4. The molecule has 0 radical (unpaired) electrons. The summed E-state index contributed by atoms with van der Waals surface area (Å²) in [6.07, 6.45) is 6.95. The number of anilines is 1. The first kappa shape index (κ1) is 16.6. The number of fused-ring (bicyclic) bond motifs is 5. The summed E-state index contributed by atoms with van der Waals surface area (Å²) in [5.74, 6) is 1.31. The van der Waals surface area contributed by atoms with Crippen LogP contribution in [0.3, 0.4) is 0 Å². The predicted molar refractivity (Wildman–Crippen MR) is 110 cm³/mol. The van der Waals surface area contributed by atoms with E-state index in [0.29, 0.717) is 12.5 Å². The molecule has 0 aliphatic heterocycles. The molecule has 4 heterocycles. The molecule has 0 aromatic carbocycles. The van der Waals surface area contributed by atoms with Crippen molar-refractivity contribution in [3.05, 3.63) is 53.2 Å². The normalized spacial score (nSPS) is 13.6. The Morgan fingerprint density at radius 1 is 1.11 bits per heavy atom. The zero-order valence-electron chi connectivity index (χ0n) is 15.5. The number of thiophene rings is 1. The molecular weight excluding hydrogens is 354 g/mol. The van der Waals surface area contributed by atoms with Crippen LogP contribution in [0.2, 0.25) is 0 Å². The van der Waals surface area contributed by atoms with E-state index in [1.807, 2.05) is 24.4 Å². The first-order valence-electron chi connectivity index (χ1n) is 9.45. The monoisotopic (exact) mass is 375 g/mol. The Morgan fingerprint density at radius 2 is 2.00 bits per heavy atom. The quantitative estimate of drug-likeness (QED) is 0.552. The molecule has 4 aromatic heterocycles. The Labute approximate surface area is 161 Å². The van der Waals surface area contributed by atoms with E-state index in [9.17, 15) is 0 Å². The molecule has 1 N–H and O–H groups in total. The average molecular weight is 376 g/mol. The first-order valence-corrected chi connectivity index (χ1v) is 10.3. The number of rotatable bonds is 4. The van der Waals surface area contributed by atoms with Crippen LogP contribution < -0.4 is 5.32 Å². The van der Waals surface area contributed by atoms with E-state index in [1.165, 1.54) is 28.6 Å². The van der Waals surface area contributed by atoms with Gasteiger partial charge in [-0.1, -0.05) is 19.9 Å². The van der Waals surface area contributed by atoms with E-state index in [2.05, 4.69) is 34.1 Å². The van der Waals surface area contributed by atoms with E-state index in [-0.39, 0.29) is 0 Å². The number of nitrogens with one attached hydrogen (secondary N) is 1. The minimum absolute atomic E-state index is 0.444. The Kier molecular flexibility index (Phi) is 4.01. The molecule has 27 heavy (non-hydrogen) atoms.